The molecule has 0 aliphatic carbocycles. The summed E-state index contributed by atoms with van der Waals surface area (Å²) in [7, 11) is 0. The van der Waals surface area contributed by atoms with Gasteiger partial charge in [0, 0.05) is 17.7 Å². The van der Waals surface area contributed by atoms with Crippen LogP contribution in [-0.2, 0) is 16.1 Å². The molecule has 1 saturated heterocycles. The molecule has 3 atom stereocenters. The van der Waals surface area contributed by atoms with E-state index in [1.807, 2.05) is 66.7 Å². The lowest BCUT2D eigenvalue weighted by atomic mass is 9.96. The lowest BCUT2D eigenvalue weighted by Gasteiger charge is -2.25. The van der Waals surface area contributed by atoms with Gasteiger partial charge in [0.25, 0.3) is 5.91 Å². The molecule has 7 rings (SSSR count). The Morgan fingerprint density at radius 3 is 2.48 bits per heavy atom. The van der Waals surface area contributed by atoms with Crippen molar-refractivity contribution in [1.29, 1.82) is 0 Å². The average Bonchev–Trinajstić information content (AvgIpc) is 3.82. The second-order valence-corrected chi connectivity index (χ2v) is 11.5. The van der Waals surface area contributed by atoms with Gasteiger partial charge in [0.2, 0.25) is 12.7 Å². The smallest absolute Gasteiger partial charge is 0.330 e. The van der Waals surface area contributed by atoms with Crippen molar-refractivity contribution in [3.05, 3.63) is 125 Å². The van der Waals surface area contributed by atoms with Crippen LogP contribution in [0.4, 0.5) is 5.69 Å². The first kappa shape index (κ1) is 29.2. The van der Waals surface area contributed by atoms with E-state index >= 15 is 0 Å². The normalized spacial score (nSPS) is 19.4. The van der Waals surface area contributed by atoms with Crippen molar-refractivity contribution >= 4 is 29.2 Å². The Bertz CT molecular complexity index is 1830. The van der Waals surface area contributed by atoms with Crippen LogP contribution in [0.1, 0.15) is 51.5 Å². The molecule has 3 N–H and O–H groups in total. The number of hydrogen-bond donors (Lipinski definition) is 3. The van der Waals surface area contributed by atoms with Crippen LogP contribution in [0.15, 0.2) is 102 Å². The minimum absolute atomic E-state index is 0.0181. The minimum Gasteiger partial charge on any atom is -0.480 e. The van der Waals surface area contributed by atoms with Crippen LogP contribution in [0.5, 0.6) is 11.5 Å². The molecule has 0 bridgehead atoms. The maximum absolute atomic E-state index is 13.8. The number of benzene rings is 4. The van der Waals surface area contributed by atoms with E-state index in [0.717, 1.165) is 24.9 Å². The second kappa shape index (κ2) is 12.5. The van der Waals surface area contributed by atoms with E-state index in [9.17, 15) is 19.5 Å². The Labute approximate surface area is 265 Å². The van der Waals surface area contributed by atoms with Gasteiger partial charge in [-0.05, 0) is 42.6 Å². The first-order valence-electron chi connectivity index (χ1n) is 15.3. The zero-order valence-electron chi connectivity index (χ0n) is 24.9. The van der Waals surface area contributed by atoms with E-state index < -0.39 is 24.0 Å². The highest BCUT2D eigenvalue weighted by molar-refractivity contribution is 6.18. The standard InChI is InChI=1S/C36H32N4O6/c41-34(27-16-9-19-40(27)20-22-10-3-1-4-11-22)37-26-15-8-7-14-24(26)30(23-12-5-2-6-13-23)38-32(36(43)44)31-25-17-18-28-33(46-21-45-28)29(25)35(42)39-31/h1-8,10-15,17-18,27,31-32H,9,16,19-21H2,(H,37,41)(H,39,42)(H,43,44). The predicted molar refractivity (Wildman–Crippen MR) is 171 cm³/mol. The van der Waals surface area contributed by atoms with Gasteiger partial charge in [-0.2, -0.15) is 0 Å². The van der Waals surface area contributed by atoms with Crippen molar-refractivity contribution in [2.75, 3.05) is 18.7 Å². The third kappa shape index (κ3) is 5.59. The van der Waals surface area contributed by atoms with E-state index in [4.69, 9.17) is 14.5 Å². The summed E-state index contributed by atoms with van der Waals surface area (Å²) in [5, 5.41) is 16.4. The summed E-state index contributed by atoms with van der Waals surface area (Å²) in [4.78, 5) is 46.8. The molecule has 3 unspecified atom stereocenters. The zero-order valence-corrected chi connectivity index (χ0v) is 24.9. The number of hydrogen-bond acceptors (Lipinski definition) is 7. The van der Waals surface area contributed by atoms with Gasteiger partial charge in [-0.3, -0.25) is 19.5 Å². The Morgan fingerprint density at radius 2 is 1.70 bits per heavy atom. The molecule has 0 spiro atoms. The van der Waals surface area contributed by atoms with Crippen molar-refractivity contribution in [2.45, 2.75) is 37.5 Å². The van der Waals surface area contributed by atoms with E-state index in [1.54, 1.807) is 18.2 Å². The van der Waals surface area contributed by atoms with Gasteiger partial charge < -0.3 is 25.2 Å². The molecule has 10 heteroatoms. The number of likely N-dealkylation sites (tertiary alicyclic amines) is 1. The number of carbonyl (C=O) groups is 3. The van der Waals surface area contributed by atoms with Crippen LogP contribution in [0, 0.1) is 0 Å². The largest absolute Gasteiger partial charge is 0.480 e. The molecule has 232 valence electrons. The summed E-state index contributed by atoms with van der Waals surface area (Å²) < 4.78 is 11.0. The summed E-state index contributed by atoms with van der Waals surface area (Å²) in [6.07, 6.45) is 1.65. The molecular formula is C36H32N4O6. The summed E-state index contributed by atoms with van der Waals surface area (Å²) in [5.74, 6) is -1.06. The Balaban J connectivity index is 1.24. The molecule has 1 fully saturated rings. The molecule has 3 aliphatic heterocycles. The number of nitrogens with one attached hydrogen (secondary N) is 2. The Morgan fingerprint density at radius 1 is 0.957 bits per heavy atom. The maximum atomic E-state index is 13.8. The number of aliphatic carboxylic acids is 1. The van der Waals surface area contributed by atoms with Gasteiger partial charge in [0.05, 0.1) is 29.0 Å². The predicted octanol–water partition coefficient (Wildman–Crippen LogP) is 4.79. The van der Waals surface area contributed by atoms with Gasteiger partial charge in [-0.25, -0.2) is 4.79 Å². The molecule has 4 aromatic carbocycles. The van der Waals surface area contributed by atoms with Crippen LogP contribution in [0.25, 0.3) is 0 Å². The SMILES string of the molecule is O=C1NC(C(N=C(c2ccccc2)c2ccccc2NC(=O)C2CCCN2Cc2ccccc2)C(=O)O)c2ccc3c(c21)OCO3. The van der Waals surface area contributed by atoms with Gasteiger partial charge in [0.1, 0.15) is 0 Å². The van der Waals surface area contributed by atoms with Crippen LogP contribution in [0.2, 0.25) is 0 Å². The van der Waals surface area contributed by atoms with Crippen LogP contribution >= 0.6 is 0 Å². The fraction of sp³-hybridized carbons (Fsp3) is 0.222. The number of carboxylic acids is 1. The number of anilines is 1. The molecule has 46 heavy (non-hydrogen) atoms. The van der Waals surface area contributed by atoms with E-state index in [1.165, 1.54) is 0 Å². The monoisotopic (exact) mass is 616 g/mol. The number of rotatable bonds is 9. The maximum Gasteiger partial charge on any atom is 0.330 e. The number of aliphatic imine (C=N–C) groups is 1. The van der Waals surface area contributed by atoms with E-state index in [2.05, 4.69) is 27.7 Å². The quantitative estimate of drug-likeness (QED) is 0.231. The van der Waals surface area contributed by atoms with Crippen LogP contribution in [-0.4, -0.2) is 58.9 Å². The van der Waals surface area contributed by atoms with E-state index in [-0.39, 0.29) is 24.3 Å². The Kier molecular flexibility index (Phi) is 7.94. The molecule has 0 radical (unpaired) electrons. The molecule has 4 aromatic rings. The summed E-state index contributed by atoms with van der Waals surface area (Å²) in [5.41, 5.74) is 4.00. The van der Waals surface area contributed by atoms with Crippen LogP contribution < -0.4 is 20.1 Å². The summed E-state index contributed by atoms with van der Waals surface area (Å²) in [6.45, 7) is 1.48. The number of carbonyl (C=O) groups excluding carboxylic acids is 2. The second-order valence-electron chi connectivity index (χ2n) is 11.5. The van der Waals surface area contributed by atoms with Crippen molar-refractivity contribution < 1.29 is 29.0 Å². The summed E-state index contributed by atoms with van der Waals surface area (Å²) >= 11 is 0. The number of carboxylic acid groups (broad SMARTS) is 1. The molecule has 10 nitrogen and oxygen atoms in total. The molecule has 3 aliphatic rings. The van der Waals surface area contributed by atoms with Crippen LogP contribution in [0.3, 0.4) is 0 Å². The summed E-state index contributed by atoms with van der Waals surface area (Å²) in [6, 6.07) is 27.3. The zero-order chi connectivity index (χ0) is 31.6. The van der Waals surface area contributed by atoms with Gasteiger partial charge in [0.15, 0.2) is 17.5 Å². The number of ether oxygens (including phenoxy) is 2. The lowest BCUT2D eigenvalue weighted by molar-refractivity contribution is -0.139. The number of fused-ring (bicyclic) bond motifs is 3. The minimum atomic E-state index is -1.39. The average molecular weight is 617 g/mol. The molecule has 0 saturated carbocycles. The van der Waals surface area contributed by atoms with Crippen molar-refractivity contribution in [2.24, 2.45) is 4.99 Å². The molecular weight excluding hydrogens is 584 g/mol. The number of nitrogens with zero attached hydrogens (tertiary/aromatic N) is 2. The Hall–Kier alpha value is -5.48. The van der Waals surface area contributed by atoms with Gasteiger partial charge in [-0.15, -0.1) is 0 Å². The highest BCUT2D eigenvalue weighted by Crippen LogP contribution is 2.43. The van der Waals surface area contributed by atoms with Gasteiger partial charge in [-0.1, -0.05) is 84.9 Å². The number of amides is 2. The topological polar surface area (TPSA) is 130 Å². The van der Waals surface area contributed by atoms with Crippen molar-refractivity contribution in [1.82, 2.24) is 10.2 Å². The lowest BCUT2D eigenvalue weighted by Crippen LogP contribution is -2.39. The van der Waals surface area contributed by atoms with Crippen molar-refractivity contribution in [3.63, 3.8) is 0 Å². The molecule has 3 heterocycles. The first-order chi connectivity index (χ1) is 22.5. The fourth-order valence-electron chi connectivity index (χ4n) is 6.47. The van der Waals surface area contributed by atoms with E-state index in [0.29, 0.717) is 46.1 Å². The fourth-order valence-corrected chi connectivity index (χ4v) is 6.47. The third-order valence-electron chi connectivity index (χ3n) is 8.64. The highest BCUT2D eigenvalue weighted by Gasteiger charge is 2.42. The number of para-hydroxylation sites is 1. The third-order valence-corrected chi connectivity index (χ3v) is 8.64. The van der Waals surface area contributed by atoms with Crippen molar-refractivity contribution in [3.8, 4) is 11.5 Å². The molecule has 2 amide bonds. The first-order valence-corrected chi connectivity index (χ1v) is 15.3. The highest BCUT2D eigenvalue weighted by atomic mass is 16.7. The molecule has 0 aromatic heterocycles. The van der Waals surface area contributed by atoms with Gasteiger partial charge >= 0.3 is 5.97 Å².